The van der Waals surface area contributed by atoms with E-state index >= 15 is 0 Å². The van der Waals surface area contributed by atoms with E-state index in [0.717, 1.165) is 22.3 Å². The van der Waals surface area contributed by atoms with Gasteiger partial charge in [-0.25, -0.2) is 14.8 Å². The van der Waals surface area contributed by atoms with Crippen LogP contribution in [0.2, 0.25) is 0 Å². The Balaban J connectivity index is 1.74. The van der Waals surface area contributed by atoms with Gasteiger partial charge in [-0.3, -0.25) is 0 Å². The van der Waals surface area contributed by atoms with Crippen molar-refractivity contribution in [3.05, 3.63) is 58.5 Å². The molecule has 0 aliphatic carbocycles. The van der Waals surface area contributed by atoms with Gasteiger partial charge in [0.25, 0.3) is 0 Å². The number of fused-ring (bicyclic) bond motifs is 1. The average molecular weight is 269 g/mol. The Labute approximate surface area is 115 Å². The fourth-order valence-corrected chi connectivity index (χ4v) is 2.12. The predicted octanol–water partition coefficient (Wildman–Crippen LogP) is 1.50. The monoisotopic (exact) mass is 269 g/mol. The topological polar surface area (TPSA) is 86.5 Å². The number of aromatic nitrogens is 4. The summed E-state index contributed by atoms with van der Waals surface area (Å²) >= 11 is 0. The molecule has 1 aromatic carbocycles. The van der Waals surface area contributed by atoms with Crippen molar-refractivity contribution in [1.82, 2.24) is 25.3 Å². The van der Waals surface area contributed by atoms with Crippen LogP contribution in [0.1, 0.15) is 24.2 Å². The maximum atomic E-state index is 11.2. The van der Waals surface area contributed by atoms with Crippen LogP contribution in [-0.4, -0.2) is 19.9 Å². The Morgan fingerprint density at radius 2 is 2.10 bits per heavy atom. The van der Waals surface area contributed by atoms with Crippen LogP contribution in [0.25, 0.3) is 11.0 Å². The normalized spacial score (nSPS) is 12.7. The van der Waals surface area contributed by atoms with Crippen molar-refractivity contribution < 1.29 is 0 Å². The van der Waals surface area contributed by atoms with Gasteiger partial charge >= 0.3 is 5.69 Å². The zero-order chi connectivity index (χ0) is 13.9. The number of nitrogens with zero attached hydrogens (tertiary/aromatic N) is 2. The molecule has 3 aromatic rings. The highest BCUT2D eigenvalue weighted by atomic mass is 16.1. The predicted molar refractivity (Wildman–Crippen MR) is 76.2 cm³/mol. The molecule has 0 spiro atoms. The molecule has 2 heterocycles. The van der Waals surface area contributed by atoms with E-state index in [1.54, 1.807) is 6.20 Å². The molecule has 0 amide bonds. The van der Waals surface area contributed by atoms with Gasteiger partial charge in [0.05, 0.1) is 16.7 Å². The molecule has 2 aromatic heterocycles. The number of rotatable bonds is 4. The Kier molecular flexibility index (Phi) is 3.30. The van der Waals surface area contributed by atoms with Gasteiger partial charge in [0, 0.05) is 18.8 Å². The first kappa shape index (κ1) is 12.6. The summed E-state index contributed by atoms with van der Waals surface area (Å²) in [4.78, 5) is 24.8. The number of hydrogen-bond donors (Lipinski definition) is 3. The SMILES string of the molecule is CC(NCc1ccncn1)c1ccc2[nH]c(=O)[nH]c2c1. The third-order valence-corrected chi connectivity index (χ3v) is 3.27. The van der Waals surface area contributed by atoms with E-state index in [1.807, 2.05) is 24.3 Å². The Hall–Kier alpha value is -2.47. The van der Waals surface area contributed by atoms with Crippen molar-refractivity contribution in [2.24, 2.45) is 0 Å². The van der Waals surface area contributed by atoms with Gasteiger partial charge in [-0.05, 0) is 30.7 Å². The summed E-state index contributed by atoms with van der Waals surface area (Å²) in [5.41, 5.74) is 3.52. The standard InChI is InChI=1S/C14H15N5O/c1-9(16-7-11-4-5-15-8-17-11)10-2-3-12-13(6-10)19-14(20)18-12/h2-6,8-9,16H,7H2,1H3,(H2,18,19,20). The van der Waals surface area contributed by atoms with Gasteiger partial charge in [-0.15, -0.1) is 0 Å². The van der Waals surface area contributed by atoms with Crippen molar-refractivity contribution in [2.75, 3.05) is 0 Å². The van der Waals surface area contributed by atoms with Crippen molar-refractivity contribution in [1.29, 1.82) is 0 Å². The molecular weight excluding hydrogens is 254 g/mol. The number of imidazole rings is 1. The number of benzene rings is 1. The van der Waals surface area contributed by atoms with Crippen molar-refractivity contribution in [2.45, 2.75) is 19.5 Å². The minimum atomic E-state index is -0.182. The van der Waals surface area contributed by atoms with Crippen LogP contribution < -0.4 is 11.0 Å². The number of nitrogens with one attached hydrogen (secondary N) is 3. The van der Waals surface area contributed by atoms with E-state index < -0.39 is 0 Å². The average Bonchev–Trinajstić information content (AvgIpc) is 2.85. The first-order chi connectivity index (χ1) is 9.72. The van der Waals surface area contributed by atoms with Crippen LogP contribution in [0, 0.1) is 0 Å². The highest BCUT2D eigenvalue weighted by Crippen LogP contribution is 2.17. The lowest BCUT2D eigenvalue weighted by atomic mass is 10.1. The molecule has 0 bridgehead atoms. The minimum Gasteiger partial charge on any atom is -0.306 e. The third-order valence-electron chi connectivity index (χ3n) is 3.27. The summed E-state index contributed by atoms with van der Waals surface area (Å²) in [6, 6.07) is 7.93. The lowest BCUT2D eigenvalue weighted by Gasteiger charge is -2.13. The smallest absolute Gasteiger partial charge is 0.306 e. The van der Waals surface area contributed by atoms with E-state index in [9.17, 15) is 4.79 Å². The molecule has 3 rings (SSSR count). The molecular formula is C14H15N5O. The van der Waals surface area contributed by atoms with Crippen LogP contribution in [0.3, 0.4) is 0 Å². The number of aromatic amines is 2. The molecule has 6 heteroatoms. The van der Waals surface area contributed by atoms with Gasteiger partial charge in [-0.2, -0.15) is 0 Å². The summed E-state index contributed by atoms with van der Waals surface area (Å²) in [5.74, 6) is 0. The molecule has 3 N–H and O–H groups in total. The summed E-state index contributed by atoms with van der Waals surface area (Å²) in [6.07, 6.45) is 3.27. The van der Waals surface area contributed by atoms with E-state index in [1.165, 1.54) is 6.33 Å². The molecule has 1 atom stereocenters. The Morgan fingerprint density at radius 1 is 1.25 bits per heavy atom. The number of hydrogen-bond acceptors (Lipinski definition) is 4. The van der Waals surface area contributed by atoms with Gasteiger partial charge in [0.2, 0.25) is 0 Å². The first-order valence-corrected chi connectivity index (χ1v) is 6.42. The molecule has 0 saturated carbocycles. The molecule has 6 nitrogen and oxygen atoms in total. The van der Waals surface area contributed by atoms with E-state index in [4.69, 9.17) is 0 Å². The second-order valence-electron chi connectivity index (χ2n) is 4.69. The summed E-state index contributed by atoms with van der Waals surface area (Å²) in [7, 11) is 0. The lowest BCUT2D eigenvalue weighted by molar-refractivity contribution is 0.567. The third kappa shape index (κ3) is 2.60. The largest absolute Gasteiger partial charge is 0.323 e. The van der Waals surface area contributed by atoms with E-state index in [-0.39, 0.29) is 11.7 Å². The Bertz CT molecular complexity index is 762. The zero-order valence-corrected chi connectivity index (χ0v) is 11.1. The van der Waals surface area contributed by atoms with Gasteiger partial charge < -0.3 is 15.3 Å². The van der Waals surface area contributed by atoms with Crippen LogP contribution in [0.4, 0.5) is 0 Å². The molecule has 102 valence electrons. The molecule has 0 fully saturated rings. The van der Waals surface area contributed by atoms with Crippen LogP contribution in [0.5, 0.6) is 0 Å². The van der Waals surface area contributed by atoms with Gasteiger partial charge in [-0.1, -0.05) is 6.07 Å². The first-order valence-electron chi connectivity index (χ1n) is 6.42. The van der Waals surface area contributed by atoms with E-state index in [0.29, 0.717) is 6.54 Å². The van der Waals surface area contributed by atoms with E-state index in [2.05, 4.69) is 32.2 Å². The summed E-state index contributed by atoms with van der Waals surface area (Å²) in [6.45, 7) is 2.75. The second kappa shape index (κ2) is 5.26. The fraction of sp³-hybridized carbons (Fsp3) is 0.214. The second-order valence-corrected chi connectivity index (χ2v) is 4.69. The molecule has 1 unspecified atom stereocenters. The highest BCUT2D eigenvalue weighted by Gasteiger charge is 2.07. The van der Waals surface area contributed by atoms with Gasteiger partial charge in [0.15, 0.2) is 0 Å². The zero-order valence-electron chi connectivity index (χ0n) is 11.1. The van der Waals surface area contributed by atoms with Crippen molar-refractivity contribution in [3.63, 3.8) is 0 Å². The van der Waals surface area contributed by atoms with Crippen molar-refractivity contribution >= 4 is 11.0 Å². The summed E-state index contributed by atoms with van der Waals surface area (Å²) < 4.78 is 0. The Morgan fingerprint density at radius 3 is 2.90 bits per heavy atom. The molecule has 0 aliphatic heterocycles. The lowest BCUT2D eigenvalue weighted by Crippen LogP contribution is -2.18. The maximum Gasteiger partial charge on any atom is 0.323 e. The minimum absolute atomic E-state index is 0.160. The molecule has 0 aliphatic rings. The van der Waals surface area contributed by atoms with Crippen LogP contribution >= 0.6 is 0 Å². The fourth-order valence-electron chi connectivity index (χ4n) is 2.12. The van der Waals surface area contributed by atoms with Crippen molar-refractivity contribution in [3.8, 4) is 0 Å². The number of H-pyrrole nitrogens is 2. The van der Waals surface area contributed by atoms with Crippen LogP contribution in [-0.2, 0) is 6.54 Å². The molecule has 0 radical (unpaired) electrons. The van der Waals surface area contributed by atoms with Crippen LogP contribution in [0.15, 0.2) is 41.6 Å². The maximum absolute atomic E-state index is 11.2. The quantitative estimate of drug-likeness (QED) is 0.670. The summed E-state index contributed by atoms with van der Waals surface area (Å²) in [5, 5.41) is 3.39. The molecule has 20 heavy (non-hydrogen) atoms. The highest BCUT2D eigenvalue weighted by molar-refractivity contribution is 5.75. The van der Waals surface area contributed by atoms with Gasteiger partial charge in [0.1, 0.15) is 6.33 Å². The molecule has 0 saturated heterocycles.